The number of rotatable bonds is 9. The maximum atomic E-state index is 12.1. The lowest BCUT2D eigenvalue weighted by Crippen LogP contribution is -2.28. The molecule has 0 radical (unpaired) electrons. The molecule has 0 saturated carbocycles. The summed E-state index contributed by atoms with van der Waals surface area (Å²) in [5.74, 6) is 0.383. The minimum atomic E-state index is -3.43. The highest BCUT2D eigenvalue weighted by Crippen LogP contribution is 2.10. The van der Waals surface area contributed by atoms with Crippen LogP contribution in [0.5, 0.6) is 0 Å². The number of nitrogens with zero attached hydrogens (tertiary/aromatic N) is 2. The Bertz CT molecular complexity index is 466. The van der Waals surface area contributed by atoms with Gasteiger partial charge < -0.3 is 5.32 Å². The number of nitrogens with one attached hydrogen (secondary N) is 2. The van der Waals surface area contributed by atoms with Gasteiger partial charge in [0, 0.05) is 19.3 Å². The monoisotopic (exact) mass is 288 g/mol. The second-order valence-corrected chi connectivity index (χ2v) is 6.34. The van der Waals surface area contributed by atoms with E-state index < -0.39 is 10.0 Å². The van der Waals surface area contributed by atoms with Gasteiger partial charge in [0.15, 0.2) is 0 Å². The fraction of sp³-hybridized carbons (Fsp3) is 0.750. The molecule has 1 rings (SSSR count). The summed E-state index contributed by atoms with van der Waals surface area (Å²) in [5, 5.41) is 7.04. The number of hydrogen-bond donors (Lipinski definition) is 2. The SMILES string of the molecule is CCC(CC)CNS(=O)(=O)c1cnn(CCNC)c1. The second-order valence-electron chi connectivity index (χ2n) is 4.58. The van der Waals surface area contributed by atoms with E-state index in [1.54, 1.807) is 10.9 Å². The van der Waals surface area contributed by atoms with Gasteiger partial charge in [0.25, 0.3) is 0 Å². The Hall–Kier alpha value is -0.920. The lowest BCUT2D eigenvalue weighted by molar-refractivity contribution is 0.479. The van der Waals surface area contributed by atoms with Gasteiger partial charge in [-0.3, -0.25) is 4.68 Å². The molecule has 0 unspecified atom stereocenters. The van der Waals surface area contributed by atoms with E-state index in [4.69, 9.17) is 0 Å². The average Bonchev–Trinajstić information content (AvgIpc) is 2.87. The number of sulfonamides is 1. The van der Waals surface area contributed by atoms with Gasteiger partial charge in [-0.05, 0) is 13.0 Å². The topological polar surface area (TPSA) is 76.0 Å². The zero-order valence-electron chi connectivity index (χ0n) is 11.9. The van der Waals surface area contributed by atoms with Crippen molar-refractivity contribution >= 4 is 10.0 Å². The van der Waals surface area contributed by atoms with Crippen molar-refractivity contribution in [3.63, 3.8) is 0 Å². The maximum absolute atomic E-state index is 12.1. The van der Waals surface area contributed by atoms with E-state index in [0.717, 1.165) is 19.4 Å². The highest BCUT2D eigenvalue weighted by molar-refractivity contribution is 7.89. The third kappa shape index (κ3) is 4.93. The summed E-state index contributed by atoms with van der Waals surface area (Å²) >= 11 is 0. The van der Waals surface area contributed by atoms with Gasteiger partial charge in [-0.1, -0.05) is 26.7 Å². The molecule has 0 aromatic carbocycles. The van der Waals surface area contributed by atoms with Crippen molar-refractivity contribution in [3.8, 4) is 0 Å². The summed E-state index contributed by atoms with van der Waals surface area (Å²) in [7, 11) is -1.59. The molecule has 7 heteroatoms. The quantitative estimate of drug-likeness (QED) is 0.705. The van der Waals surface area contributed by atoms with Crippen LogP contribution < -0.4 is 10.0 Å². The number of hydrogen-bond acceptors (Lipinski definition) is 4. The predicted octanol–water partition coefficient (Wildman–Crippen LogP) is 0.817. The molecule has 0 aliphatic heterocycles. The standard InChI is InChI=1S/C12H24N4O2S/c1-4-11(5-2)8-15-19(17,18)12-9-14-16(10-12)7-6-13-3/h9-11,13,15H,4-8H2,1-3H3. The van der Waals surface area contributed by atoms with Crippen LogP contribution >= 0.6 is 0 Å². The molecule has 0 atom stereocenters. The van der Waals surface area contributed by atoms with Gasteiger partial charge in [-0.2, -0.15) is 5.10 Å². The van der Waals surface area contributed by atoms with Gasteiger partial charge in [-0.15, -0.1) is 0 Å². The molecule has 1 aromatic heterocycles. The largest absolute Gasteiger partial charge is 0.318 e. The highest BCUT2D eigenvalue weighted by atomic mass is 32.2. The summed E-state index contributed by atoms with van der Waals surface area (Å²) in [6, 6.07) is 0. The van der Waals surface area contributed by atoms with Gasteiger partial charge >= 0.3 is 0 Å². The van der Waals surface area contributed by atoms with Crippen LogP contribution in [0.2, 0.25) is 0 Å². The summed E-state index contributed by atoms with van der Waals surface area (Å²) in [6.45, 7) is 6.02. The minimum absolute atomic E-state index is 0.231. The fourth-order valence-corrected chi connectivity index (χ4v) is 2.79. The number of likely N-dealkylation sites (N-methyl/N-ethyl adjacent to an activating group) is 1. The molecule has 0 fully saturated rings. The third-order valence-corrected chi connectivity index (χ3v) is 4.61. The van der Waals surface area contributed by atoms with Gasteiger partial charge in [0.2, 0.25) is 10.0 Å². The first kappa shape index (κ1) is 16.1. The van der Waals surface area contributed by atoms with Crippen LogP contribution in [0.4, 0.5) is 0 Å². The Morgan fingerprint density at radius 2 is 2.05 bits per heavy atom. The van der Waals surface area contributed by atoms with Gasteiger partial charge in [0.1, 0.15) is 4.90 Å². The molecule has 0 amide bonds. The van der Waals surface area contributed by atoms with E-state index in [2.05, 4.69) is 29.0 Å². The van der Waals surface area contributed by atoms with Crippen molar-refractivity contribution in [2.24, 2.45) is 5.92 Å². The molecule has 2 N–H and O–H groups in total. The zero-order valence-corrected chi connectivity index (χ0v) is 12.7. The van der Waals surface area contributed by atoms with Crippen LogP contribution in [0.1, 0.15) is 26.7 Å². The highest BCUT2D eigenvalue weighted by Gasteiger charge is 2.17. The van der Waals surface area contributed by atoms with Crippen LogP contribution in [-0.4, -0.2) is 38.3 Å². The normalized spacial score (nSPS) is 12.2. The van der Waals surface area contributed by atoms with Crippen LogP contribution in [0.25, 0.3) is 0 Å². The molecular formula is C12H24N4O2S. The summed E-state index contributed by atoms with van der Waals surface area (Å²) in [6.07, 6.45) is 4.90. The number of aromatic nitrogens is 2. The first-order chi connectivity index (χ1) is 9.03. The first-order valence-electron chi connectivity index (χ1n) is 6.70. The van der Waals surface area contributed by atoms with Crippen molar-refractivity contribution in [1.29, 1.82) is 0 Å². The molecule has 0 spiro atoms. The lowest BCUT2D eigenvalue weighted by atomic mass is 10.0. The Labute approximate surface area is 115 Å². The van der Waals surface area contributed by atoms with Crippen LogP contribution in [-0.2, 0) is 16.6 Å². The van der Waals surface area contributed by atoms with Crippen LogP contribution in [0.3, 0.4) is 0 Å². The van der Waals surface area contributed by atoms with Crippen molar-refractivity contribution < 1.29 is 8.42 Å². The Morgan fingerprint density at radius 1 is 1.37 bits per heavy atom. The van der Waals surface area contributed by atoms with Crippen molar-refractivity contribution in [3.05, 3.63) is 12.4 Å². The predicted molar refractivity (Wildman–Crippen MR) is 75.4 cm³/mol. The summed E-state index contributed by atoms with van der Waals surface area (Å²) < 4.78 is 28.4. The third-order valence-electron chi connectivity index (χ3n) is 3.23. The lowest BCUT2D eigenvalue weighted by Gasteiger charge is -2.12. The van der Waals surface area contributed by atoms with Crippen LogP contribution in [0, 0.1) is 5.92 Å². The van der Waals surface area contributed by atoms with Gasteiger partial charge in [0.05, 0.1) is 12.7 Å². The van der Waals surface area contributed by atoms with Crippen molar-refractivity contribution in [2.45, 2.75) is 38.1 Å². The Kier molecular flexibility index (Phi) is 6.47. The van der Waals surface area contributed by atoms with E-state index in [-0.39, 0.29) is 4.90 Å². The molecule has 110 valence electrons. The Morgan fingerprint density at radius 3 is 2.63 bits per heavy atom. The van der Waals surface area contributed by atoms with Gasteiger partial charge in [-0.25, -0.2) is 13.1 Å². The molecule has 0 aliphatic rings. The molecular weight excluding hydrogens is 264 g/mol. The van der Waals surface area contributed by atoms with E-state index in [9.17, 15) is 8.42 Å². The van der Waals surface area contributed by atoms with E-state index >= 15 is 0 Å². The molecule has 19 heavy (non-hydrogen) atoms. The van der Waals surface area contributed by atoms with E-state index in [1.165, 1.54) is 6.20 Å². The molecule has 1 aromatic rings. The Balaban J connectivity index is 2.64. The smallest absolute Gasteiger partial charge is 0.243 e. The molecule has 1 heterocycles. The van der Waals surface area contributed by atoms with Crippen LogP contribution in [0.15, 0.2) is 17.3 Å². The van der Waals surface area contributed by atoms with E-state index in [0.29, 0.717) is 19.0 Å². The summed E-state index contributed by atoms with van der Waals surface area (Å²) in [4.78, 5) is 0.231. The summed E-state index contributed by atoms with van der Waals surface area (Å²) in [5.41, 5.74) is 0. The second kappa shape index (κ2) is 7.62. The fourth-order valence-electron chi connectivity index (χ4n) is 1.72. The molecule has 0 aliphatic carbocycles. The van der Waals surface area contributed by atoms with Crippen molar-refractivity contribution in [2.75, 3.05) is 20.1 Å². The zero-order chi connectivity index (χ0) is 14.3. The van der Waals surface area contributed by atoms with Crippen molar-refractivity contribution in [1.82, 2.24) is 19.8 Å². The average molecular weight is 288 g/mol. The van der Waals surface area contributed by atoms with E-state index in [1.807, 2.05) is 7.05 Å². The molecule has 6 nitrogen and oxygen atoms in total. The maximum Gasteiger partial charge on any atom is 0.243 e. The molecule has 0 bridgehead atoms. The minimum Gasteiger partial charge on any atom is -0.318 e. The molecule has 0 saturated heterocycles. The first-order valence-corrected chi connectivity index (χ1v) is 8.18.